The van der Waals surface area contributed by atoms with Gasteiger partial charge in [0, 0.05) is 51.3 Å². The molecule has 0 N–H and O–H groups in total. The number of urea groups is 1. The molecule has 26 heavy (non-hydrogen) atoms. The Hall–Kier alpha value is -2.15. The van der Waals surface area contributed by atoms with Crippen LogP contribution in [-0.4, -0.2) is 77.1 Å². The van der Waals surface area contributed by atoms with E-state index < -0.39 is 5.54 Å². The minimum absolute atomic E-state index is 0.0151. The molecule has 1 saturated carbocycles. The van der Waals surface area contributed by atoms with Crippen LogP contribution in [0.1, 0.15) is 32.1 Å². The molecule has 7 heteroatoms. The Labute approximate surface area is 154 Å². The van der Waals surface area contributed by atoms with E-state index in [1.165, 1.54) is 10.6 Å². The summed E-state index contributed by atoms with van der Waals surface area (Å²) < 4.78 is 0. The maximum Gasteiger partial charge on any atom is 0.328 e. The van der Waals surface area contributed by atoms with Crippen molar-refractivity contribution < 1.29 is 9.59 Å². The van der Waals surface area contributed by atoms with E-state index in [2.05, 4.69) is 14.8 Å². The fraction of sp³-hybridized carbons (Fsp3) is 0.632. The van der Waals surface area contributed by atoms with Gasteiger partial charge in [0.2, 0.25) is 0 Å². The SMILES string of the molecule is CN1C(=O)N(CN2CCN(c3ccncc3)CC2)C(=O)C12CCCCC2. The fourth-order valence-electron chi connectivity index (χ4n) is 4.56. The van der Waals surface area contributed by atoms with Gasteiger partial charge in [-0.1, -0.05) is 19.3 Å². The van der Waals surface area contributed by atoms with E-state index in [0.717, 1.165) is 58.3 Å². The molecule has 1 aromatic rings. The standard InChI is InChI=1S/C19H27N5O2/c1-21-18(26)24(17(25)19(21)7-3-2-4-8-19)15-22-11-13-23(14-12-22)16-5-9-20-10-6-16/h5-6,9-10H,2-4,7-8,11-15H2,1H3. The monoisotopic (exact) mass is 357 g/mol. The summed E-state index contributed by atoms with van der Waals surface area (Å²) in [6, 6.07) is 3.91. The molecule has 0 radical (unpaired) electrons. The van der Waals surface area contributed by atoms with Gasteiger partial charge in [-0.25, -0.2) is 9.69 Å². The Morgan fingerprint density at radius 1 is 1.00 bits per heavy atom. The summed E-state index contributed by atoms with van der Waals surface area (Å²) >= 11 is 0. The van der Waals surface area contributed by atoms with Crippen LogP contribution in [0.5, 0.6) is 0 Å². The number of rotatable bonds is 3. The Balaban J connectivity index is 1.39. The van der Waals surface area contributed by atoms with Crippen molar-refractivity contribution in [3.8, 4) is 0 Å². The highest BCUT2D eigenvalue weighted by Gasteiger charge is 2.55. The topological polar surface area (TPSA) is 60.0 Å². The van der Waals surface area contributed by atoms with Crippen molar-refractivity contribution in [3.05, 3.63) is 24.5 Å². The fourth-order valence-corrected chi connectivity index (χ4v) is 4.56. The van der Waals surface area contributed by atoms with Crippen molar-refractivity contribution in [1.82, 2.24) is 19.7 Å². The number of anilines is 1. The summed E-state index contributed by atoms with van der Waals surface area (Å²) in [4.78, 5) is 37.6. The Morgan fingerprint density at radius 2 is 1.65 bits per heavy atom. The first-order chi connectivity index (χ1) is 12.6. The van der Waals surface area contributed by atoms with Crippen LogP contribution >= 0.6 is 0 Å². The zero-order valence-corrected chi connectivity index (χ0v) is 15.4. The summed E-state index contributed by atoms with van der Waals surface area (Å²) in [5.74, 6) is 0.0151. The highest BCUT2D eigenvalue weighted by molar-refractivity contribution is 6.06. The van der Waals surface area contributed by atoms with E-state index in [0.29, 0.717) is 6.67 Å². The van der Waals surface area contributed by atoms with Crippen LogP contribution in [0.15, 0.2) is 24.5 Å². The predicted octanol–water partition coefficient (Wildman–Crippen LogP) is 1.76. The lowest BCUT2D eigenvalue weighted by Gasteiger charge is -2.37. The molecule has 1 aliphatic carbocycles. The summed E-state index contributed by atoms with van der Waals surface area (Å²) in [5.41, 5.74) is 0.600. The largest absolute Gasteiger partial charge is 0.369 e. The van der Waals surface area contributed by atoms with Gasteiger partial charge in [-0.15, -0.1) is 0 Å². The highest BCUT2D eigenvalue weighted by Crippen LogP contribution is 2.39. The van der Waals surface area contributed by atoms with Gasteiger partial charge in [0.25, 0.3) is 5.91 Å². The van der Waals surface area contributed by atoms with Gasteiger partial charge in [-0.2, -0.15) is 0 Å². The van der Waals surface area contributed by atoms with Gasteiger partial charge in [-0.05, 0) is 25.0 Å². The Bertz CT molecular complexity index is 666. The van der Waals surface area contributed by atoms with Gasteiger partial charge in [0.15, 0.2) is 0 Å². The average molecular weight is 357 g/mol. The maximum atomic E-state index is 13.1. The smallest absolute Gasteiger partial charge is 0.328 e. The zero-order valence-electron chi connectivity index (χ0n) is 15.4. The second-order valence-electron chi connectivity index (χ2n) is 7.62. The quantitative estimate of drug-likeness (QED) is 0.772. The van der Waals surface area contributed by atoms with Crippen molar-refractivity contribution in [1.29, 1.82) is 0 Å². The van der Waals surface area contributed by atoms with Crippen LogP contribution in [0.25, 0.3) is 0 Å². The van der Waals surface area contributed by atoms with Crippen molar-refractivity contribution in [2.45, 2.75) is 37.6 Å². The van der Waals surface area contributed by atoms with Gasteiger partial charge in [0.05, 0.1) is 6.67 Å². The number of aromatic nitrogens is 1. The molecule has 0 unspecified atom stereocenters. The number of hydrogen-bond donors (Lipinski definition) is 0. The normalized spacial score (nSPS) is 24.0. The second-order valence-corrected chi connectivity index (χ2v) is 7.62. The summed E-state index contributed by atoms with van der Waals surface area (Å²) in [6.07, 6.45) is 8.45. The molecule has 1 aromatic heterocycles. The molecule has 4 rings (SSSR count). The zero-order chi connectivity index (χ0) is 18.1. The minimum Gasteiger partial charge on any atom is -0.369 e. The van der Waals surface area contributed by atoms with Gasteiger partial charge < -0.3 is 9.80 Å². The molecule has 3 amide bonds. The lowest BCUT2D eigenvalue weighted by molar-refractivity contribution is -0.135. The maximum absolute atomic E-state index is 13.1. The number of pyridine rings is 1. The number of carbonyl (C=O) groups is 2. The van der Waals surface area contributed by atoms with Crippen LogP contribution in [0.3, 0.4) is 0 Å². The third-order valence-corrected chi connectivity index (χ3v) is 6.23. The van der Waals surface area contributed by atoms with Crippen molar-refractivity contribution in [2.75, 3.05) is 44.8 Å². The lowest BCUT2D eigenvalue weighted by Crippen LogP contribution is -2.52. The van der Waals surface area contributed by atoms with Crippen molar-refractivity contribution in [2.24, 2.45) is 0 Å². The summed E-state index contributed by atoms with van der Waals surface area (Å²) in [7, 11) is 1.80. The van der Waals surface area contributed by atoms with Gasteiger partial charge >= 0.3 is 6.03 Å². The lowest BCUT2D eigenvalue weighted by atomic mass is 9.81. The first kappa shape index (κ1) is 17.3. The molecule has 0 aromatic carbocycles. The number of likely N-dealkylation sites (N-methyl/N-ethyl adjacent to an activating group) is 1. The molecule has 3 heterocycles. The Kier molecular flexibility index (Phi) is 4.56. The van der Waals surface area contributed by atoms with E-state index >= 15 is 0 Å². The first-order valence-electron chi connectivity index (χ1n) is 9.59. The molecule has 2 aliphatic heterocycles. The van der Waals surface area contributed by atoms with E-state index in [1.54, 1.807) is 11.9 Å². The minimum atomic E-state index is -0.575. The molecule has 7 nitrogen and oxygen atoms in total. The molecule has 3 aliphatic rings. The Morgan fingerprint density at radius 3 is 2.31 bits per heavy atom. The number of piperazine rings is 1. The molecule has 140 valence electrons. The molecule has 3 fully saturated rings. The number of hydrogen-bond acceptors (Lipinski definition) is 5. The first-order valence-corrected chi connectivity index (χ1v) is 9.59. The highest BCUT2D eigenvalue weighted by atomic mass is 16.2. The molecular formula is C19H27N5O2. The average Bonchev–Trinajstić information content (AvgIpc) is 2.86. The van der Waals surface area contributed by atoms with Crippen molar-refractivity contribution >= 4 is 17.6 Å². The molecule has 1 spiro atoms. The second kappa shape index (κ2) is 6.87. The number of nitrogens with zero attached hydrogens (tertiary/aromatic N) is 5. The van der Waals surface area contributed by atoms with Crippen LogP contribution in [0.4, 0.5) is 10.5 Å². The number of amides is 3. The summed E-state index contributed by atoms with van der Waals surface area (Å²) in [5, 5.41) is 0. The van der Waals surface area contributed by atoms with Crippen LogP contribution in [0, 0.1) is 0 Å². The van der Waals surface area contributed by atoms with Crippen LogP contribution in [-0.2, 0) is 4.79 Å². The molecule has 0 atom stereocenters. The van der Waals surface area contributed by atoms with E-state index in [-0.39, 0.29) is 11.9 Å². The van der Waals surface area contributed by atoms with Crippen molar-refractivity contribution in [3.63, 3.8) is 0 Å². The molecular weight excluding hydrogens is 330 g/mol. The predicted molar refractivity (Wildman–Crippen MR) is 98.7 cm³/mol. The van der Waals surface area contributed by atoms with Gasteiger partial charge in [0.1, 0.15) is 5.54 Å². The van der Waals surface area contributed by atoms with Crippen LogP contribution < -0.4 is 4.90 Å². The van der Waals surface area contributed by atoms with Gasteiger partial charge in [-0.3, -0.25) is 14.7 Å². The third kappa shape index (κ3) is 2.84. The summed E-state index contributed by atoms with van der Waals surface area (Å²) in [6.45, 7) is 3.88. The van der Waals surface area contributed by atoms with E-state index in [1.807, 2.05) is 24.5 Å². The molecule has 2 saturated heterocycles. The number of carbonyl (C=O) groups excluding carboxylic acids is 2. The van der Waals surface area contributed by atoms with E-state index in [4.69, 9.17) is 0 Å². The van der Waals surface area contributed by atoms with E-state index in [9.17, 15) is 9.59 Å². The third-order valence-electron chi connectivity index (χ3n) is 6.23. The number of imide groups is 1. The molecule has 0 bridgehead atoms. The van der Waals surface area contributed by atoms with Crippen LogP contribution in [0.2, 0.25) is 0 Å².